The normalized spacial score (nSPS) is 21.0. The number of β-amino-alcohol motifs (C(OH)–C–C–N with tert-alkyl or cyclic N) is 2. The molecule has 4 N–H and O–H groups in total. The molecule has 0 spiro atoms. The van der Waals surface area contributed by atoms with Gasteiger partial charge in [-0.25, -0.2) is 15.0 Å². The van der Waals surface area contributed by atoms with Crippen LogP contribution in [0.15, 0.2) is 45.6 Å². The highest BCUT2D eigenvalue weighted by molar-refractivity contribution is 7.22. The number of aromatic nitrogens is 7. The van der Waals surface area contributed by atoms with Crippen LogP contribution in [0.5, 0.6) is 0 Å². The van der Waals surface area contributed by atoms with E-state index in [-0.39, 0.29) is 29.2 Å². The first-order chi connectivity index (χ1) is 34.6. The fourth-order valence-electron chi connectivity index (χ4n) is 9.82. The number of piperidine rings is 1. The number of carbonyl (C=O) groups excluding carboxylic acids is 2. The summed E-state index contributed by atoms with van der Waals surface area (Å²) < 4.78 is 25.2. The molecule has 0 aliphatic carbocycles. The number of ether oxygens (including phenoxy) is 2. The molecule has 3 atom stereocenters. The predicted molar refractivity (Wildman–Crippen MR) is 268 cm³/mol. The Kier molecular flexibility index (Phi) is 12.3. The van der Waals surface area contributed by atoms with Gasteiger partial charge in [-0.1, -0.05) is 22.7 Å². The van der Waals surface area contributed by atoms with Crippen molar-refractivity contribution in [1.29, 1.82) is 0 Å². The Morgan fingerprint density at radius 1 is 0.676 bits per heavy atom. The molecule has 12 rings (SSSR count). The van der Waals surface area contributed by atoms with Crippen molar-refractivity contribution in [3.63, 3.8) is 0 Å². The van der Waals surface area contributed by atoms with Crippen LogP contribution in [0.4, 0.5) is 39.3 Å². The summed E-state index contributed by atoms with van der Waals surface area (Å²) in [7, 11) is 0. The SMILES string of the molecule is Cc1cc(-c2nc(C(=O)Nc3cc4sc(N5CCOCC5)nc4nc3N3CC[C@H](O)C3)c(C3CCCN(c4nc5nc(N6CCOCC6)sc5cc4NC(=O)c4coc(N5CC[C@H](O)C5)n4)C3)o2)ccn1. The van der Waals surface area contributed by atoms with Gasteiger partial charge in [0.05, 0.1) is 59.4 Å². The number of pyridine rings is 3. The summed E-state index contributed by atoms with van der Waals surface area (Å²) in [6.45, 7) is 9.99. The summed E-state index contributed by atoms with van der Waals surface area (Å²) >= 11 is 3.01. The summed E-state index contributed by atoms with van der Waals surface area (Å²) in [4.78, 5) is 73.0. The molecule has 5 saturated heterocycles. The number of morpholine rings is 2. The summed E-state index contributed by atoms with van der Waals surface area (Å²) in [5.41, 5.74) is 3.71. The highest BCUT2D eigenvalue weighted by atomic mass is 32.1. The van der Waals surface area contributed by atoms with Gasteiger partial charge in [0.2, 0.25) is 5.89 Å². The van der Waals surface area contributed by atoms with Crippen LogP contribution in [-0.4, -0.2) is 161 Å². The highest BCUT2D eigenvalue weighted by Crippen LogP contribution is 2.41. The lowest BCUT2D eigenvalue weighted by Crippen LogP contribution is -2.36. The van der Waals surface area contributed by atoms with Crippen LogP contribution in [0.1, 0.15) is 64.0 Å². The van der Waals surface area contributed by atoms with Gasteiger partial charge in [0, 0.05) is 88.8 Å². The van der Waals surface area contributed by atoms with Crippen LogP contribution in [0.25, 0.3) is 32.1 Å². The second-order valence-electron chi connectivity index (χ2n) is 18.5. The topological polar surface area (TPSA) is 250 Å². The number of nitrogens with one attached hydrogen (secondary N) is 2. The van der Waals surface area contributed by atoms with E-state index in [1.807, 2.05) is 34.9 Å². The molecule has 0 saturated carbocycles. The summed E-state index contributed by atoms with van der Waals surface area (Å²) in [6.07, 6.45) is 4.52. The van der Waals surface area contributed by atoms with Crippen LogP contribution < -0.4 is 35.1 Å². The third-order valence-corrected chi connectivity index (χ3v) is 15.6. The Labute approximate surface area is 414 Å². The molecule has 24 heteroatoms. The van der Waals surface area contributed by atoms with Gasteiger partial charge < -0.3 is 63.7 Å². The van der Waals surface area contributed by atoms with Crippen LogP contribution in [0, 0.1) is 6.92 Å². The van der Waals surface area contributed by atoms with Crippen LogP contribution >= 0.6 is 22.7 Å². The van der Waals surface area contributed by atoms with Crippen molar-refractivity contribution < 1.29 is 38.1 Å². The number of aliphatic hydroxyl groups is 2. The Hall–Kier alpha value is -6.57. The number of hydrogen-bond donors (Lipinski definition) is 4. The molecule has 12 heterocycles. The maximum atomic E-state index is 15.0. The summed E-state index contributed by atoms with van der Waals surface area (Å²) in [6, 6.07) is 7.77. The summed E-state index contributed by atoms with van der Waals surface area (Å²) in [5.74, 6) is 0.427. The molecule has 1 unspecified atom stereocenters. The molecule has 71 heavy (non-hydrogen) atoms. The number of nitrogens with zero attached hydrogens (tertiary/aromatic N) is 12. The molecule has 0 radical (unpaired) electrons. The van der Waals surface area contributed by atoms with E-state index in [0.29, 0.717) is 150 Å². The van der Waals surface area contributed by atoms with Crippen molar-refractivity contribution in [1.82, 2.24) is 34.9 Å². The average molecular weight is 1010 g/mol. The van der Waals surface area contributed by atoms with Crippen molar-refractivity contribution >= 4 is 94.5 Å². The monoisotopic (exact) mass is 1000 g/mol. The molecule has 0 aromatic carbocycles. The number of aliphatic hydroxyl groups excluding tert-OH is 2. The maximum Gasteiger partial charge on any atom is 0.298 e. The van der Waals surface area contributed by atoms with Crippen molar-refractivity contribution in [3.8, 4) is 11.5 Å². The fourth-order valence-corrected chi connectivity index (χ4v) is 11.8. The molecule has 7 aromatic heterocycles. The lowest BCUT2D eigenvalue weighted by atomic mass is 9.94. The number of carbonyl (C=O) groups is 2. The number of thiazole rings is 2. The maximum absolute atomic E-state index is 15.0. The molecule has 0 bridgehead atoms. The van der Waals surface area contributed by atoms with E-state index in [0.717, 1.165) is 38.4 Å². The van der Waals surface area contributed by atoms with E-state index in [2.05, 4.69) is 35.3 Å². The van der Waals surface area contributed by atoms with E-state index >= 15 is 0 Å². The van der Waals surface area contributed by atoms with Crippen LogP contribution in [0.2, 0.25) is 0 Å². The molecule has 5 aliphatic heterocycles. The van der Waals surface area contributed by atoms with E-state index in [9.17, 15) is 19.8 Å². The van der Waals surface area contributed by atoms with Gasteiger partial charge in [-0.15, -0.1) is 0 Å². The quantitative estimate of drug-likeness (QED) is 0.137. The minimum Gasteiger partial charge on any atom is -0.440 e. The summed E-state index contributed by atoms with van der Waals surface area (Å²) in [5, 5.41) is 28.6. The number of aryl methyl sites for hydroxylation is 1. The Morgan fingerprint density at radius 2 is 1.28 bits per heavy atom. The number of oxazole rings is 2. The van der Waals surface area contributed by atoms with Crippen molar-refractivity contribution in [2.45, 2.75) is 50.7 Å². The van der Waals surface area contributed by atoms with Crippen LogP contribution in [-0.2, 0) is 9.47 Å². The molecule has 5 aliphatic rings. The average Bonchev–Trinajstić information content (AvgIpc) is 4.27. The molecule has 22 nitrogen and oxygen atoms in total. The smallest absolute Gasteiger partial charge is 0.298 e. The molecular formula is C47H52N14O8S2. The highest BCUT2D eigenvalue weighted by Gasteiger charge is 2.35. The van der Waals surface area contributed by atoms with Gasteiger partial charge in [0.25, 0.3) is 17.8 Å². The number of fused-ring (bicyclic) bond motifs is 2. The van der Waals surface area contributed by atoms with Crippen molar-refractivity contribution in [2.75, 3.05) is 127 Å². The first-order valence-electron chi connectivity index (χ1n) is 24.1. The van der Waals surface area contributed by atoms with Gasteiger partial charge in [0.1, 0.15) is 12.0 Å². The minimum atomic E-state index is -0.532. The zero-order valence-corrected chi connectivity index (χ0v) is 40.6. The molecule has 370 valence electrons. The predicted octanol–water partition coefficient (Wildman–Crippen LogP) is 4.75. The lowest BCUT2D eigenvalue weighted by molar-refractivity contribution is 0.101. The lowest BCUT2D eigenvalue weighted by Gasteiger charge is -2.33. The molecular weight excluding hydrogens is 953 g/mol. The molecule has 5 fully saturated rings. The Bertz CT molecular complexity index is 3110. The number of amides is 2. The van der Waals surface area contributed by atoms with E-state index < -0.39 is 24.0 Å². The zero-order valence-electron chi connectivity index (χ0n) is 39.0. The van der Waals surface area contributed by atoms with Crippen molar-refractivity contribution in [2.24, 2.45) is 0 Å². The van der Waals surface area contributed by atoms with E-state index in [1.165, 1.54) is 28.9 Å². The zero-order chi connectivity index (χ0) is 48.2. The third kappa shape index (κ3) is 9.30. The van der Waals surface area contributed by atoms with Gasteiger partial charge >= 0.3 is 0 Å². The molecule has 2 amide bonds. The number of anilines is 7. The van der Waals surface area contributed by atoms with E-state index in [1.54, 1.807) is 12.3 Å². The second kappa shape index (κ2) is 19.2. The largest absolute Gasteiger partial charge is 0.440 e. The fraction of sp³-hybridized carbons (Fsp3) is 0.468. The minimum absolute atomic E-state index is 0.0877. The van der Waals surface area contributed by atoms with Gasteiger partial charge in [-0.05, 0) is 56.9 Å². The van der Waals surface area contributed by atoms with Gasteiger partial charge in [-0.3, -0.25) is 14.6 Å². The Balaban J connectivity index is 0.885. The first kappa shape index (κ1) is 45.6. The van der Waals surface area contributed by atoms with Crippen LogP contribution in [0.3, 0.4) is 0 Å². The number of hydrogen-bond acceptors (Lipinski definition) is 22. The molecule has 7 aromatic rings. The first-order valence-corrected chi connectivity index (χ1v) is 25.7. The second-order valence-corrected chi connectivity index (χ2v) is 20.5. The standard InChI is InChI=1S/C47H52N14O8S2/c1-26-19-27(4-7-48-26)44-52-36(43(65)50-32-21-35-39(54-41(32)60-9-5-29(62)23-60)56-47(71-35)58-13-17-67-18-14-58)37(69-44)28-3-2-8-59(22-28)40-31(20-34-38(53-40)55-46(70-34)57-11-15-66-16-12-57)49-42(64)33-25-68-45(51-33)61-10-6-30(63)24-61/h4,7,19-21,25,28-30,62-63H,2-3,5-6,8-18,22-24H2,1H3,(H,49,64)(H,50,65)/t28?,29-,30-/m0/s1. The Morgan fingerprint density at radius 3 is 1.89 bits per heavy atom. The number of rotatable bonds is 11. The van der Waals surface area contributed by atoms with Gasteiger partial charge in [-0.2, -0.15) is 15.0 Å². The van der Waals surface area contributed by atoms with Crippen molar-refractivity contribution in [3.05, 3.63) is 59.6 Å². The van der Waals surface area contributed by atoms with Gasteiger partial charge in [0.15, 0.2) is 44.6 Å². The third-order valence-electron chi connectivity index (χ3n) is 13.5. The van der Waals surface area contributed by atoms with E-state index in [4.69, 9.17) is 43.2 Å².